The van der Waals surface area contributed by atoms with Gasteiger partial charge in [0.15, 0.2) is 0 Å². The van der Waals surface area contributed by atoms with Crippen LogP contribution in [0.2, 0.25) is 0 Å². The fourth-order valence-corrected chi connectivity index (χ4v) is 1.83. The van der Waals surface area contributed by atoms with Gasteiger partial charge in [-0.2, -0.15) is 5.26 Å². The van der Waals surface area contributed by atoms with Crippen molar-refractivity contribution in [1.29, 1.82) is 5.26 Å². The number of nitro benzene ring substituents is 1. The summed E-state index contributed by atoms with van der Waals surface area (Å²) in [6, 6.07) is 4.30. The first-order valence-corrected chi connectivity index (χ1v) is 5.64. The minimum atomic E-state index is -0.731. The quantitative estimate of drug-likeness (QED) is 0.362. The summed E-state index contributed by atoms with van der Waals surface area (Å²) in [6.07, 6.45) is 0. The van der Waals surface area contributed by atoms with Crippen molar-refractivity contribution < 1.29 is 14.5 Å². The predicted octanol–water partition coefficient (Wildman–Crippen LogP) is 2.25. The lowest BCUT2D eigenvalue weighted by Crippen LogP contribution is -2.09. The molecule has 88 valence electrons. The number of halogens is 1. The number of rotatable bonds is 3. The van der Waals surface area contributed by atoms with Crippen LogP contribution in [-0.2, 0) is 4.74 Å². The number of carbonyl (C=O) groups excluding carboxylic acids is 1. The van der Waals surface area contributed by atoms with Gasteiger partial charge in [-0.3, -0.25) is 10.1 Å². The monoisotopic (exact) mass is 346 g/mol. The Balaban J connectivity index is 3.45. The van der Waals surface area contributed by atoms with Crippen LogP contribution in [0.1, 0.15) is 22.8 Å². The van der Waals surface area contributed by atoms with Crippen LogP contribution >= 0.6 is 22.6 Å². The van der Waals surface area contributed by atoms with E-state index in [0.29, 0.717) is 3.57 Å². The molecule has 0 atom stereocenters. The number of benzene rings is 1. The molecule has 1 aromatic rings. The minimum absolute atomic E-state index is 0.0760. The molecule has 0 aliphatic rings. The first-order valence-electron chi connectivity index (χ1n) is 4.56. The maximum absolute atomic E-state index is 11.6. The Bertz CT molecular complexity index is 522. The van der Waals surface area contributed by atoms with Gasteiger partial charge in [0.25, 0.3) is 5.69 Å². The molecule has 6 nitrogen and oxygen atoms in total. The van der Waals surface area contributed by atoms with Crippen molar-refractivity contribution in [2.75, 3.05) is 6.61 Å². The second kappa shape index (κ2) is 5.58. The fraction of sp³-hybridized carbons (Fsp3) is 0.200. The summed E-state index contributed by atoms with van der Waals surface area (Å²) in [5, 5.41) is 19.7. The van der Waals surface area contributed by atoms with Crippen LogP contribution in [-0.4, -0.2) is 17.5 Å². The third kappa shape index (κ3) is 2.91. The number of nitro groups is 1. The Morgan fingerprint density at radius 2 is 2.29 bits per heavy atom. The lowest BCUT2D eigenvalue weighted by Gasteiger charge is -2.05. The molecule has 0 N–H and O–H groups in total. The maximum Gasteiger partial charge on any atom is 0.339 e. The zero-order chi connectivity index (χ0) is 13.0. The first-order chi connectivity index (χ1) is 8.01. The number of ether oxygens (including phenoxy) is 1. The molecule has 0 heterocycles. The molecule has 1 aromatic carbocycles. The largest absolute Gasteiger partial charge is 0.462 e. The number of nitriles is 1. The molecule has 0 saturated carbocycles. The summed E-state index contributed by atoms with van der Waals surface area (Å²) in [6.45, 7) is 1.76. The van der Waals surface area contributed by atoms with Gasteiger partial charge in [-0.05, 0) is 35.6 Å². The lowest BCUT2D eigenvalue weighted by atomic mass is 10.1. The smallest absolute Gasteiger partial charge is 0.339 e. The van der Waals surface area contributed by atoms with Crippen molar-refractivity contribution in [2.24, 2.45) is 0 Å². The fourth-order valence-electron chi connectivity index (χ4n) is 1.22. The van der Waals surface area contributed by atoms with E-state index < -0.39 is 10.9 Å². The van der Waals surface area contributed by atoms with Crippen LogP contribution in [0.5, 0.6) is 0 Å². The van der Waals surface area contributed by atoms with E-state index in [2.05, 4.69) is 0 Å². The Hall–Kier alpha value is -1.69. The number of nitrogens with zero attached hydrogens (tertiary/aromatic N) is 2. The number of hydrogen-bond acceptors (Lipinski definition) is 5. The average molecular weight is 346 g/mol. The van der Waals surface area contributed by atoms with Crippen LogP contribution < -0.4 is 0 Å². The molecule has 0 saturated heterocycles. The summed E-state index contributed by atoms with van der Waals surface area (Å²) in [5.41, 5.74) is -0.732. The molecule has 0 aromatic heterocycles. The van der Waals surface area contributed by atoms with Crippen LogP contribution in [0.3, 0.4) is 0 Å². The predicted molar refractivity (Wildman–Crippen MR) is 66.5 cm³/mol. The van der Waals surface area contributed by atoms with Crippen LogP contribution in [0.4, 0.5) is 5.69 Å². The van der Waals surface area contributed by atoms with Gasteiger partial charge in [0.05, 0.1) is 17.1 Å². The first kappa shape index (κ1) is 13.4. The van der Waals surface area contributed by atoms with E-state index in [-0.39, 0.29) is 23.4 Å². The second-order valence-corrected chi connectivity index (χ2v) is 4.18. The van der Waals surface area contributed by atoms with Crippen molar-refractivity contribution in [3.63, 3.8) is 0 Å². The van der Waals surface area contributed by atoms with Gasteiger partial charge in [-0.15, -0.1) is 0 Å². The normalized spacial score (nSPS) is 9.47. The van der Waals surface area contributed by atoms with Gasteiger partial charge < -0.3 is 4.74 Å². The topological polar surface area (TPSA) is 93.2 Å². The number of hydrogen-bond donors (Lipinski definition) is 0. The zero-order valence-electron chi connectivity index (χ0n) is 8.77. The molecule has 0 bridgehead atoms. The van der Waals surface area contributed by atoms with E-state index in [1.54, 1.807) is 13.0 Å². The van der Waals surface area contributed by atoms with Gasteiger partial charge in [0, 0.05) is 9.64 Å². The van der Waals surface area contributed by atoms with Crippen LogP contribution in [0, 0.1) is 25.0 Å². The third-order valence-electron chi connectivity index (χ3n) is 1.89. The second-order valence-electron chi connectivity index (χ2n) is 2.94. The molecule has 17 heavy (non-hydrogen) atoms. The van der Waals surface area contributed by atoms with E-state index in [0.717, 1.165) is 0 Å². The van der Waals surface area contributed by atoms with E-state index >= 15 is 0 Å². The molecule has 0 fully saturated rings. The zero-order valence-corrected chi connectivity index (χ0v) is 10.9. The highest BCUT2D eigenvalue weighted by Crippen LogP contribution is 2.25. The molecular weight excluding hydrogens is 339 g/mol. The van der Waals surface area contributed by atoms with Crippen LogP contribution in [0.25, 0.3) is 0 Å². The molecule has 1 rings (SSSR count). The molecular formula is C10H7IN2O4. The molecule has 0 radical (unpaired) electrons. The van der Waals surface area contributed by atoms with Crippen molar-refractivity contribution >= 4 is 34.2 Å². The SMILES string of the molecule is CCOC(=O)c1cc(I)cc([N+](=O)[O-])c1C#N. The summed E-state index contributed by atoms with van der Waals surface area (Å²) in [4.78, 5) is 21.6. The lowest BCUT2D eigenvalue weighted by molar-refractivity contribution is -0.385. The molecule has 0 spiro atoms. The molecule has 0 aliphatic carbocycles. The summed E-state index contributed by atoms with van der Waals surface area (Å²) in [5.74, 6) is -0.731. The van der Waals surface area contributed by atoms with E-state index in [1.807, 2.05) is 22.6 Å². The van der Waals surface area contributed by atoms with Crippen LogP contribution in [0.15, 0.2) is 12.1 Å². The van der Waals surface area contributed by atoms with Gasteiger partial charge in [-0.1, -0.05) is 0 Å². The highest BCUT2D eigenvalue weighted by Gasteiger charge is 2.23. The Labute approximate surface area is 110 Å². The van der Waals surface area contributed by atoms with Gasteiger partial charge in [0.1, 0.15) is 11.6 Å². The van der Waals surface area contributed by atoms with E-state index in [1.165, 1.54) is 12.1 Å². The van der Waals surface area contributed by atoms with Gasteiger partial charge >= 0.3 is 5.97 Å². The summed E-state index contributed by atoms with van der Waals surface area (Å²) < 4.78 is 5.24. The summed E-state index contributed by atoms with van der Waals surface area (Å²) in [7, 11) is 0. The average Bonchev–Trinajstić information content (AvgIpc) is 2.28. The Morgan fingerprint density at radius 1 is 1.65 bits per heavy atom. The summed E-state index contributed by atoms with van der Waals surface area (Å²) >= 11 is 1.84. The van der Waals surface area contributed by atoms with Gasteiger partial charge in [-0.25, -0.2) is 4.79 Å². The standard InChI is InChI=1S/C10H7IN2O4/c1-2-17-10(14)7-3-6(11)4-9(13(15)16)8(7)5-12/h3-4H,2H2,1H3. The maximum atomic E-state index is 11.6. The highest BCUT2D eigenvalue weighted by molar-refractivity contribution is 14.1. The van der Waals surface area contributed by atoms with E-state index in [4.69, 9.17) is 10.00 Å². The molecule has 7 heteroatoms. The van der Waals surface area contributed by atoms with E-state index in [9.17, 15) is 14.9 Å². The van der Waals surface area contributed by atoms with Gasteiger partial charge in [0.2, 0.25) is 0 Å². The molecule has 0 amide bonds. The number of carbonyl (C=O) groups is 1. The molecule has 0 aliphatic heterocycles. The molecule has 0 unspecified atom stereocenters. The Morgan fingerprint density at radius 3 is 2.76 bits per heavy atom. The minimum Gasteiger partial charge on any atom is -0.462 e. The third-order valence-corrected chi connectivity index (χ3v) is 2.51. The Kier molecular flexibility index (Phi) is 4.39. The van der Waals surface area contributed by atoms with Crippen molar-refractivity contribution in [3.8, 4) is 6.07 Å². The van der Waals surface area contributed by atoms with Crippen molar-refractivity contribution in [1.82, 2.24) is 0 Å². The van der Waals surface area contributed by atoms with Crippen molar-refractivity contribution in [3.05, 3.63) is 36.9 Å². The highest BCUT2D eigenvalue weighted by atomic mass is 127. The van der Waals surface area contributed by atoms with Crippen molar-refractivity contribution in [2.45, 2.75) is 6.92 Å². The number of esters is 1.